The minimum absolute atomic E-state index is 0.0614. The molecule has 0 spiro atoms. The third kappa shape index (κ3) is 4.58. The third-order valence-electron chi connectivity index (χ3n) is 6.30. The largest absolute Gasteiger partial charge is 0.307 e. The van der Waals surface area contributed by atoms with Crippen molar-refractivity contribution < 1.29 is 22.4 Å². The Hall–Kier alpha value is -2.99. The first-order valence-corrected chi connectivity index (χ1v) is 10.8. The van der Waals surface area contributed by atoms with Crippen LogP contribution in [-0.2, 0) is 10.2 Å². The summed E-state index contributed by atoms with van der Waals surface area (Å²) < 4.78 is 59.0. The Kier molecular flexibility index (Phi) is 7.38. The molecule has 0 aliphatic heterocycles. The van der Waals surface area contributed by atoms with Crippen LogP contribution < -0.4 is 0 Å². The summed E-state index contributed by atoms with van der Waals surface area (Å²) in [5.41, 5.74) is -0.750. The number of halogens is 4. The second kappa shape index (κ2) is 9.87. The number of carbonyl (C=O) groups excluding carboxylic acids is 1. The molecule has 0 radical (unpaired) electrons. The molecule has 174 valence electrons. The highest BCUT2D eigenvalue weighted by Crippen LogP contribution is 2.43. The highest BCUT2D eigenvalue weighted by atomic mass is 19.2. The molecular formula is C27H27F4NO. The first-order chi connectivity index (χ1) is 15.6. The Balaban J connectivity index is 2.33. The zero-order valence-corrected chi connectivity index (χ0v) is 19.1. The first-order valence-electron chi connectivity index (χ1n) is 10.8. The van der Waals surface area contributed by atoms with Crippen molar-refractivity contribution in [2.75, 3.05) is 14.1 Å². The van der Waals surface area contributed by atoms with Crippen molar-refractivity contribution in [3.63, 3.8) is 0 Å². The van der Waals surface area contributed by atoms with Gasteiger partial charge in [-0.25, -0.2) is 17.6 Å². The Bertz CT molecular complexity index is 1100. The lowest BCUT2D eigenvalue weighted by Crippen LogP contribution is -2.44. The predicted molar refractivity (Wildman–Crippen MR) is 122 cm³/mol. The molecule has 0 unspecified atom stereocenters. The van der Waals surface area contributed by atoms with Crippen molar-refractivity contribution in [1.29, 1.82) is 0 Å². The van der Waals surface area contributed by atoms with Crippen LogP contribution in [0.5, 0.6) is 0 Å². The maximum Gasteiger partial charge on any atom is 0.166 e. The number of Topliss-reactive ketones (excluding diaryl/α,β-unsaturated/α-hetero) is 1. The van der Waals surface area contributed by atoms with E-state index in [2.05, 4.69) is 0 Å². The number of ketones is 1. The second-order valence-electron chi connectivity index (χ2n) is 8.49. The molecule has 6 heteroatoms. The van der Waals surface area contributed by atoms with Gasteiger partial charge in [-0.15, -0.1) is 0 Å². The zero-order valence-electron chi connectivity index (χ0n) is 19.1. The topological polar surface area (TPSA) is 20.3 Å². The average Bonchev–Trinajstić information content (AvgIpc) is 2.82. The summed E-state index contributed by atoms with van der Waals surface area (Å²) in [5.74, 6) is -6.68. The molecule has 0 aliphatic carbocycles. The van der Waals surface area contributed by atoms with E-state index in [1.54, 1.807) is 57.1 Å². The molecular weight excluding hydrogens is 430 g/mol. The Labute approximate surface area is 191 Å². The van der Waals surface area contributed by atoms with Gasteiger partial charge in [-0.2, -0.15) is 0 Å². The van der Waals surface area contributed by atoms with Crippen molar-refractivity contribution in [1.82, 2.24) is 4.90 Å². The van der Waals surface area contributed by atoms with Crippen LogP contribution in [0.1, 0.15) is 37.8 Å². The van der Waals surface area contributed by atoms with Gasteiger partial charge >= 0.3 is 0 Å². The molecule has 0 fully saturated rings. The van der Waals surface area contributed by atoms with E-state index in [0.717, 1.165) is 11.1 Å². The number of rotatable bonds is 8. The van der Waals surface area contributed by atoms with E-state index in [1.165, 1.54) is 0 Å². The van der Waals surface area contributed by atoms with Crippen LogP contribution in [0.3, 0.4) is 0 Å². The quantitative estimate of drug-likeness (QED) is 0.284. The second-order valence-corrected chi connectivity index (χ2v) is 8.49. The lowest BCUT2D eigenvalue weighted by molar-refractivity contribution is -0.123. The fourth-order valence-corrected chi connectivity index (χ4v) is 4.23. The highest BCUT2D eigenvalue weighted by Gasteiger charge is 2.47. The minimum Gasteiger partial charge on any atom is -0.307 e. The lowest BCUT2D eigenvalue weighted by atomic mass is 9.66. The Morgan fingerprint density at radius 3 is 1.88 bits per heavy atom. The number of hydrogen-bond acceptors (Lipinski definition) is 2. The molecule has 0 N–H and O–H groups in total. The van der Waals surface area contributed by atoms with Crippen LogP contribution in [0.2, 0.25) is 0 Å². The van der Waals surface area contributed by atoms with Crippen LogP contribution in [0, 0.1) is 23.3 Å². The maximum absolute atomic E-state index is 15.2. The van der Waals surface area contributed by atoms with Gasteiger partial charge in [-0.3, -0.25) is 4.79 Å². The normalized spacial score (nSPS) is 14.2. The van der Waals surface area contributed by atoms with Gasteiger partial charge in [0.05, 0.1) is 5.41 Å². The molecule has 2 atom stereocenters. The lowest BCUT2D eigenvalue weighted by Gasteiger charge is -2.38. The number of nitrogens with zero attached hydrogens (tertiary/aromatic N) is 1. The van der Waals surface area contributed by atoms with E-state index in [9.17, 15) is 13.6 Å². The third-order valence-corrected chi connectivity index (χ3v) is 6.30. The highest BCUT2D eigenvalue weighted by molar-refractivity contribution is 5.94. The molecule has 2 nitrogen and oxygen atoms in total. The molecule has 3 aromatic carbocycles. The molecule has 0 saturated carbocycles. The summed E-state index contributed by atoms with van der Waals surface area (Å²) in [7, 11) is 3.53. The molecule has 33 heavy (non-hydrogen) atoms. The molecule has 3 rings (SSSR count). The fourth-order valence-electron chi connectivity index (χ4n) is 4.23. The van der Waals surface area contributed by atoms with Gasteiger partial charge < -0.3 is 4.90 Å². The standard InChI is InChI=1S/C27H27F4NO/c1-5-23(33)27(16-17(2)32(3)4,24-25(30)21(28)15-22(29)26(24)31)20-13-11-19(12-14-20)18-9-7-6-8-10-18/h6-15,17H,5,16H2,1-4H3/t17-,27-/m0/s1. The maximum atomic E-state index is 15.2. The first kappa shape index (κ1) is 24.6. The molecule has 0 amide bonds. The number of benzene rings is 3. The predicted octanol–water partition coefficient (Wildman–Crippen LogP) is 6.52. The van der Waals surface area contributed by atoms with Gasteiger partial charge in [0.1, 0.15) is 5.78 Å². The average molecular weight is 458 g/mol. The monoisotopic (exact) mass is 457 g/mol. The van der Waals surface area contributed by atoms with Gasteiger partial charge in [-0.1, -0.05) is 61.5 Å². The SMILES string of the molecule is CCC(=O)[C@](C[C@H](C)N(C)C)(c1ccc(-c2ccccc2)cc1)c1c(F)c(F)cc(F)c1F. The molecule has 0 aliphatic rings. The smallest absolute Gasteiger partial charge is 0.166 e. The summed E-state index contributed by atoms with van der Waals surface area (Å²) in [4.78, 5) is 15.3. The van der Waals surface area contributed by atoms with E-state index in [4.69, 9.17) is 0 Å². The summed E-state index contributed by atoms with van der Waals surface area (Å²) in [6, 6.07) is 16.0. The van der Waals surface area contributed by atoms with Crippen molar-refractivity contribution in [2.45, 2.75) is 38.1 Å². The Morgan fingerprint density at radius 1 is 0.879 bits per heavy atom. The number of carbonyl (C=O) groups is 1. The summed E-state index contributed by atoms with van der Waals surface area (Å²) in [6.07, 6.45) is -0.133. The van der Waals surface area contributed by atoms with Gasteiger partial charge in [0, 0.05) is 24.1 Å². The van der Waals surface area contributed by atoms with Crippen molar-refractivity contribution in [3.8, 4) is 11.1 Å². The van der Waals surface area contributed by atoms with Crippen LogP contribution in [0.4, 0.5) is 17.6 Å². The molecule has 3 aromatic rings. The molecule has 0 bridgehead atoms. The fraction of sp³-hybridized carbons (Fsp3) is 0.296. The van der Waals surface area contributed by atoms with Crippen LogP contribution in [-0.4, -0.2) is 30.8 Å². The molecule has 0 heterocycles. The summed E-state index contributed by atoms with van der Waals surface area (Å²) >= 11 is 0. The van der Waals surface area contributed by atoms with E-state index >= 15 is 8.78 Å². The van der Waals surface area contributed by atoms with Crippen LogP contribution in [0.25, 0.3) is 11.1 Å². The summed E-state index contributed by atoms with van der Waals surface area (Å²) in [5, 5.41) is 0. The minimum atomic E-state index is -1.91. The van der Waals surface area contributed by atoms with Gasteiger partial charge in [-0.05, 0) is 44.1 Å². The van der Waals surface area contributed by atoms with E-state index in [1.807, 2.05) is 30.3 Å². The van der Waals surface area contributed by atoms with Gasteiger partial charge in [0.2, 0.25) is 0 Å². The van der Waals surface area contributed by atoms with Crippen molar-refractivity contribution >= 4 is 5.78 Å². The van der Waals surface area contributed by atoms with Crippen molar-refractivity contribution in [2.24, 2.45) is 0 Å². The van der Waals surface area contributed by atoms with Gasteiger partial charge in [0.15, 0.2) is 23.3 Å². The van der Waals surface area contributed by atoms with Crippen LogP contribution >= 0.6 is 0 Å². The Morgan fingerprint density at radius 2 is 1.39 bits per heavy atom. The summed E-state index contributed by atoms with van der Waals surface area (Å²) in [6.45, 7) is 3.36. The van der Waals surface area contributed by atoms with Crippen molar-refractivity contribution in [3.05, 3.63) is 95.1 Å². The number of hydrogen-bond donors (Lipinski definition) is 0. The molecule has 0 aromatic heterocycles. The zero-order chi connectivity index (χ0) is 24.3. The van der Waals surface area contributed by atoms with Crippen LogP contribution in [0.15, 0.2) is 60.7 Å². The van der Waals surface area contributed by atoms with E-state index < -0.39 is 40.0 Å². The molecule has 0 saturated heterocycles. The van der Waals surface area contributed by atoms with E-state index in [-0.39, 0.29) is 30.5 Å². The van der Waals surface area contributed by atoms with E-state index in [0.29, 0.717) is 0 Å². The van der Waals surface area contributed by atoms with Gasteiger partial charge in [0.25, 0.3) is 0 Å².